The topological polar surface area (TPSA) is 63.5 Å². The second-order valence-electron chi connectivity index (χ2n) is 4.85. The van der Waals surface area contributed by atoms with Gasteiger partial charge in [-0.1, -0.05) is 34.8 Å². The molecule has 2 aromatic rings. The summed E-state index contributed by atoms with van der Waals surface area (Å²) >= 11 is 18.0. The third kappa shape index (κ3) is 5.19. The number of ether oxygens (including phenoxy) is 1. The molecule has 0 amide bonds. The van der Waals surface area contributed by atoms with E-state index in [0.29, 0.717) is 46.5 Å². The normalized spacial score (nSPS) is 11.5. The Hall–Kier alpha value is -1.63. The summed E-state index contributed by atoms with van der Waals surface area (Å²) in [5, 5.41) is 11.7. The molecule has 1 heterocycles. The van der Waals surface area contributed by atoms with Gasteiger partial charge in [0.25, 0.3) is 0 Å². The summed E-state index contributed by atoms with van der Waals surface area (Å²) < 4.78 is 7.40. The van der Waals surface area contributed by atoms with Crippen LogP contribution in [0.3, 0.4) is 0 Å². The number of guanidine groups is 1. The van der Waals surface area contributed by atoms with Gasteiger partial charge in [-0.3, -0.25) is 9.67 Å². The van der Waals surface area contributed by atoms with Gasteiger partial charge in [-0.15, -0.1) is 0 Å². The van der Waals surface area contributed by atoms with Crippen LogP contribution in [0, 0.1) is 0 Å². The molecular formula is C15H18Cl3N5O. The van der Waals surface area contributed by atoms with Crippen molar-refractivity contribution in [3.63, 3.8) is 0 Å². The number of aliphatic imine (C=N–C) groups is 1. The number of nitrogens with one attached hydrogen (secondary N) is 2. The highest BCUT2D eigenvalue weighted by Crippen LogP contribution is 2.35. The third-order valence-electron chi connectivity index (χ3n) is 3.19. The van der Waals surface area contributed by atoms with Crippen LogP contribution in [0.25, 0.3) is 0 Å². The van der Waals surface area contributed by atoms with E-state index in [1.807, 2.05) is 13.1 Å². The van der Waals surface area contributed by atoms with E-state index in [0.717, 1.165) is 5.69 Å². The second-order valence-corrected chi connectivity index (χ2v) is 6.10. The van der Waals surface area contributed by atoms with E-state index in [-0.39, 0.29) is 0 Å². The van der Waals surface area contributed by atoms with Crippen LogP contribution in [0.2, 0.25) is 15.1 Å². The van der Waals surface area contributed by atoms with Crippen molar-refractivity contribution < 1.29 is 4.74 Å². The summed E-state index contributed by atoms with van der Waals surface area (Å²) in [5.41, 5.74) is 1.05. The maximum absolute atomic E-state index is 6.07. The zero-order chi connectivity index (χ0) is 17.5. The lowest BCUT2D eigenvalue weighted by Gasteiger charge is -2.14. The lowest BCUT2D eigenvalue weighted by molar-refractivity contribution is 0.322. The largest absolute Gasteiger partial charge is 0.489 e. The standard InChI is InChI=1S/C15H18Cl3N5O/c1-19-15(21-9-11-3-4-22-23(11)2)20-5-6-24-14-12(17)7-10(16)8-13(14)18/h3-4,7-8H,5-6,9H2,1-2H3,(H2,19,20,21). The predicted octanol–water partition coefficient (Wildman–Crippen LogP) is 3.12. The summed E-state index contributed by atoms with van der Waals surface area (Å²) in [6.07, 6.45) is 1.75. The fourth-order valence-electron chi connectivity index (χ4n) is 1.96. The number of nitrogens with zero attached hydrogens (tertiary/aromatic N) is 3. The molecule has 2 rings (SSSR count). The Morgan fingerprint density at radius 1 is 1.25 bits per heavy atom. The molecule has 0 aliphatic rings. The Bertz CT molecular complexity index is 694. The van der Waals surface area contributed by atoms with Crippen molar-refractivity contribution in [1.29, 1.82) is 0 Å². The van der Waals surface area contributed by atoms with E-state index < -0.39 is 0 Å². The highest BCUT2D eigenvalue weighted by atomic mass is 35.5. The molecule has 130 valence electrons. The average Bonchev–Trinajstić information content (AvgIpc) is 2.93. The van der Waals surface area contributed by atoms with Crippen LogP contribution < -0.4 is 15.4 Å². The van der Waals surface area contributed by atoms with Gasteiger partial charge in [0.15, 0.2) is 11.7 Å². The Morgan fingerprint density at radius 2 is 1.96 bits per heavy atom. The van der Waals surface area contributed by atoms with Crippen molar-refractivity contribution in [3.05, 3.63) is 45.2 Å². The summed E-state index contributed by atoms with van der Waals surface area (Å²) in [4.78, 5) is 4.15. The number of rotatable bonds is 6. The number of hydrogen-bond acceptors (Lipinski definition) is 3. The molecule has 0 atom stereocenters. The van der Waals surface area contributed by atoms with Crippen LogP contribution in [0.1, 0.15) is 5.69 Å². The van der Waals surface area contributed by atoms with Gasteiger partial charge in [0.1, 0.15) is 6.61 Å². The lowest BCUT2D eigenvalue weighted by atomic mass is 10.3. The number of aromatic nitrogens is 2. The summed E-state index contributed by atoms with van der Waals surface area (Å²) in [7, 11) is 3.59. The Balaban J connectivity index is 1.77. The maximum atomic E-state index is 6.07. The quantitative estimate of drug-likeness (QED) is 0.452. The molecule has 1 aromatic carbocycles. The molecule has 0 spiro atoms. The van der Waals surface area contributed by atoms with Crippen molar-refractivity contribution >= 4 is 40.8 Å². The molecule has 0 aliphatic heterocycles. The number of hydrogen-bond donors (Lipinski definition) is 2. The Labute approximate surface area is 155 Å². The zero-order valence-corrected chi connectivity index (χ0v) is 15.6. The van der Waals surface area contributed by atoms with Crippen molar-refractivity contribution in [3.8, 4) is 5.75 Å². The molecule has 0 radical (unpaired) electrons. The van der Waals surface area contributed by atoms with Gasteiger partial charge in [0.05, 0.1) is 28.8 Å². The molecule has 6 nitrogen and oxygen atoms in total. The van der Waals surface area contributed by atoms with Gasteiger partial charge >= 0.3 is 0 Å². The predicted molar refractivity (Wildman–Crippen MR) is 98.4 cm³/mol. The zero-order valence-electron chi connectivity index (χ0n) is 13.3. The Morgan fingerprint density at radius 3 is 2.54 bits per heavy atom. The van der Waals surface area contributed by atoms with Crippen LogP contribution in [-0.2, 0) is 13.6 Å². The molecule has 2 N–H and O–H groups in total. The first kappa shape index (κ1) is 18.7. The van der Waals surface area contributed by atoms with E-state index in [9.17, 15) is 0 Å². The highest BCUT2D eigenvalue weighted by Gasteiger charge is 2.09. The third-order valence-corrected chi connectivity index (χ3v) is 3.97. The molecule has 1 aromatic heterocycles. The van der Waals surface area contributed by atoms with Gasteiger partial charge < -0.3 is 15.4 Å². The van der Waals surface area contributed by atoms with Crippen LogP contribution in [-0.4, -0.2) is 35.9 Å². The van der Waals surface area contributed by atoms with Crippen LogP contribution in [0.15, 0.2) is 29.4 Å². The molecule has 0 aliphatic carbocycles. The smallest absolute Gasteiger partial charge is 0.191 e. The van der Waals surface area contributed by atoms with Gasteiger partial charge in [-0.2, -0.15) is 5.10 Å². The first-order valence-corrected chi connectivity index (χ1v) is 8.33. The summed E-state index contributed by atoms with van der Waals surface area (Å²) in [6.45, 7) is 1.51. The van der Waals surface area contributed by atoms with E-state index >= 15 is 0 Å². The van der Waals surface area contributed by atoms with E-state index in [1.54, 1.807) is 30.1 Å². The molecule has 0 unspecified atom stereocenters. The molecule has 9 heteroatoms. The van der Waals surface area contributed by atoms with Crippen molar-refractivity contribution in [1.82, 2.24) is 20.4 Å². The number of halogens is 3. The van der Waals surface area contributed by atoms with Crippen molar-refractivity contribution in [2.24, 2.45) is 12.0 Å². The summed E-state index contributed by atoms with van der Waals surface area (Å²) in [6, 6.07) is 5.12. The highest BCUT2D eigenvalue weighted by molar-refractivity contribution is 6.40. The minimum Gasteiger partial charge on any atom is -0.489 e. The fraction of sp³-hybridized carbons (Fsp3) is 0.333. The fourth-order valence-corrected chi connectivity index (χ4v) is 2.89. The monoisotopic (exact) mass is 389 g/mol. The number of benzene rings is 1. The second kappa shape index (κ2) is 9.01. The van der Waals surface area contributed by atoms with E-state index in [2.05, 4.69) is 20.7 Å². The molecule has 24 heavy (non-hydrogen) atoms. The minimum absolute atomic E-state index is 0.369. The van der Waals surface area contributed by atoms with Crippen LogP contribution in [0.4, 0.5) is 0 Å². The molecule has 0 saturated carbocycles. The lowest BCUT2D eigenvalue weighted by Crippen LogP contribution is -2.39. The van der Waals surface area contributed by atoms with Crippen molar-refractivity contribution in [2.75, 3.05) is 20.2 Å². The number of aryl methyl sites for hydroxylation is 1. The SMILES string of the molecule is CN=C(NCCOc1c(Cl)cc(Cl)cc1Cl)NCc1ccnn1C. The van der Waals surface area contributed by atoms with Crippen molar-refractivity contribution in [2.45, 2.75) is 6.54 Å². The van der Waals surface area contributed by atoms with Gasteiger partial charge in [-0.05, 0) is 18.2 Å². The van der Waals surface area contributed by atoms with Gasteiger partial charge in [0.2, 0.25) is 0 Å². The first-order valence-electron chi connectivity index (χ1n) is 7.20. The van der Waals surface area contributed by atoms with Gasteiger partial charge in [0, 0.05) is 25.3 Å². The van der Waals surface area contributed by atoms with Gasteiger partial charge in [-0.25, -0.2) is 0 Å². The molecule has 0 bridgehead atoms. The van der Waals surface area contributed by atoms with Crippen LogP contribution in [0.5, 0.6) is 5.75 Å². The Kier molecular flexibility index (Phi) is 7.02. The molecular weight excluding hydrogens is 373 g/mol. The van der Waals surface area contributed by atoms with E-state index in [1.165, 1.54) is 0 Å². The van der Waals surface area contributed by atoms with E-state index in [4.69, 9.17) is 39.5 Å². The van der Waals surface area contributed by atoms with Crippen LogP contribution >= 0.6 is 34.8 Å². The first-order chi connectivity index (χ1) is 11.5. The molecule has 0 fully saturated rings. The average molecular weight is 391 g/mol. The maximum Gasteiger partial charge on any atom is 0.191 e. The minimum atomic E-state index is 0.369. The summed E-state index contributed by atoms with van der Waals surface area (Å²) in [5.74, 6) is 1.08. The molecule has 0 saturated heterocycles.